The maximum atomic E-state index is 12.2. The van der Waals surface area contributed by atoms with Crippen molar-refractivity contribution in [1.82, 2.24) is 10.2 Å². The lowest BCUT2D eigenvalue weighted by Gasteiger charge is -2.18. The normalized spacial score (nSPS) is 10.3. The summed E-state index contributed by atoms with van der Waals surface area (Å²) in [6, 6.07) is 17.2. The molecule has 3 aromatic rings. The summed E-state index contributed by atoms with van der Waals surface area (Å²) < 4.78 is 0. The molecule has 0 aliphatic rings. The van der Waals surface area contributed by atoms with Crippen molar-refractivity contribution >= 4 is 39.0 Å². The minimum atomic E-state index is -0.334. The number of benzene rings is 2. The molecule has 6 nitrogen and oxygen atoms in total. The molecule has 0 unspecified atom stereocenters. The van der Waals surface area contributed by atoms with E-state index in [-0.39, 0.29) is 6.03 Å². The average Bonchev–Trinajstić information content (AvgIpc) is 3.06. The Morgan fingerprint density at radius 3 is 2.48 bits per heavy atom. The zero-order valence-corrected chi connectivity index (χ0v) is 14.9. The molecule has 7 heteroatoms. The van der Waals surface area contributed by atoms with Gasteiger partial charge in [-0.3, -0.25) is 5.32 Å². The number of hydrogen-bond donors (Lipinski definition) is 2. The minimum Gasteiger partial charge on any atom is -0.317 e. The molecular weight excluding hydrogens is 334 g/mol. The van der Waals surface area contributed by atoms with Crippen LogP contribution in [0.5, 0.6) is 0 Å². The molecule has 128 valence electrons. The molecule has 2 aromatic carbocycles. The predicted octanol–water partition coefficient (Wildman–Crippen LogP) is 4.65. The van der Waals surface area contributed by atoms with Gasteiger partial charge in [-0.25, -0.2) is 4.79 Å². The first-order valence-electron chi connectivity index (χ1n) is 7.97. The van der Waals surface area contributed by atoms with E-state index in [1.165, 1.54) is 11.3 Å². The van der Waals surface area contributed by atoms with E-state index in [0.29, 0.717) is 5.13 Å². The van der Waals surface area contributed by atoms with Crippen LogP contribution < -0.4 is 15.5 Å². The highest BCUT2D eigenvalue weighted by atomic mass is 32.1. The van der Waals surface area contributed by atoms with Crippen LogP contribution in [0.2, 0.25) is 0 Å². The van der Waals surface area contributed by atoms with Gasteiger partial charge in [0.15, 0.2) is 0 Å². The maximum Gasteiger partial charge on any atom is 0.325 e. The van der Waals surface area contributed by atoms with Crippen LogP contribution in [-0.4, -0.2) is 22.8 Å². The fourth-order valence-electron chi connectivity index (χ4n) is 2.38. The number of carbonyl (C=O) groups is 1. The van der Waals surface area contributed by atoms with Gasteiger partial charge in [0, 0.05) is 17.9 Å². The van der Waals surface area contributed by atoms with Crippen LogP contribution in [0.3, 0.4) is 0 Å². The van der Waals surface area contributed by atoms with Crippen LogP contribution in [-0.2, 0) is 0 Å². The molecule has 0 saturated heterocycles. The van der Waals surface area contributed by atoms with E-state index in [4.69, 9.17) is 0 Å². The number of rotatable bonds is 5. The molecule has 2 amide bonds. The summed E-state index contributed by atoms with van der Waals surface area (Å²) in [6.07, 6.45) is 0. The molecule has 1 aromatic heterocycles. The molecule has 0 aliphatic carbocycles. The topological polar surface area (TPSA) is 70.2 Å². The average molecular weight is 353 g/mol. The molecule has 0 atom stereocenters. The van der Waals surface area contributed by atoms with Crippen molar-refractivity contribution in [3.05, 3.63) is 60.2 Å². The van der Waals surface area contributed by atoms with Crippen LogP contribution in [0.25, 0.3) is 0 Å². The van der Waals surface area contributed by atoms with E-state index in [9.17, 15) is 4.79 Å². The van der Waals surface area contributed by atoms with E-state index < -0.39 is 0 Å². The summed E-state index contributed by atoms with van der Waals surface area (Å²) in [5.41, 5.74) is 2.80. The molecule has 3 rings (SSSR count). The summed E-state index contributed by atoms with van der Waals surface area (Å²) in [4.78, 5) is 14.2. The first-order chi connectivity index (χ1) is 12.2. The Bertz CT molecular complexity index is 849. The Labute approximate surface area is 150 Å². The molecule has 0 bridgehead atoms. The van der Waals surface area contributed by atoms with Gasteiger partial charge in [-0.15, -0.1) is 10.2 Å². The van der Waals surface area contributed by atoms with Crippen molar-refractivity contribution in [2.75, 3.05) is 22.1 Å². The molecule has 1 heterocycles. The summed E-state index contributed by atoms with van der Waals surface area (Å²) >= 11 is 1.34. The predicted molar refractivity (Wildman–Crippen MR) is 103 cm³/mol. The molecular formula is C18H19N5OS. The van der Waals surface area contributed by atoms with Gasteiger partial charge >= 0.3 is 6.03 Å². The number of nitrogens with one attached hydrogen (secondary N) is 2. The van der Waals surface area contributed by atoms with Gasteiger partial charge in [0.05, 0.1) is 0 Å². The number of aryl methyl sites for hydroxylation is 1. The lowest BCUT2D eigenvalue weighted by Crippen LogP contribution is -2.19. The zero-order chi connectivity index (χ0) is 17.6. The molecule has 2 N–H and O–H groups in total. The lowest BCUT2D eigenvalue weighted by atomic mass is 10.2. The molecule has 0 radical (unpaired) electrons. The zero-order valence-electron chi connectivity index (χ0n) is 14.1. The van der Waals surface area contributed by atoms with Gasteiger partial charge in [0.1, 0.15) is 0 Å². The van der Waals surface area contributed by atoms with Crippen molar-refractivity contribution in [1.29, 1.82) is 0 Å². The fraction of sp³-hybridized carbons (Fsp3) is 0.167. The molecule has 0 spiro atoms. The number of anilines is 4. The Balaban J connectivity index is 1.69. The van der Waals surface area contributed by atoms with E-state index in [1.54, 1.807) is 0 Å². The highest BCUT2D eigenvalue weighted by Crippen LogP contribution is 2.30. The second kappa shape index (κ2) is 7.76. The van der Waals surface area contributed by atoms with Gasteiger partial charge in [-0.05, 0) is 37.6 Å². The van der Waals surface area contributed by atoms with Crippen LogP contribution in [0, 0.1) is 6.92 Å². The Hall–Kier alpha value is -2.93. The molecule has 0 saturated carbocycles. The van der Waals surface area contributed by atoms with Gasteiger partial charge in [0.25, 0.3) is 0 Å². The van der Waals surface area contributed by atoms with E-state index in [0.717, 1.165) is 28.6 Å². The Kier molecular flexibility index (Phi) is 5.25. The highest BCUT2D eigenvalue weighted by molar-refractivity contribution is 7.19. The number of nitrogens with zero attached hydrogens (tertiary/aromatic N) is 3. The maximum absolute atomic E-state index is 12.2. The summed E-state index contributed by atoms with van der Waals surface area (Å²) in [5, 5.41) is 15.0. The number of amides is 2. The monoisotopic (exact) mass is 353 g/mol. The number of para-hydroxylation sites is 2. The van der Waals surface area contributed by atoms with Crippen LogP contribution in [0.15, 0.2) is 54.6 Å². The first-order valence-corrected chi connectivity index (χ1v) is 8.78. The van der Waals surface area contributed by atoms with Crippen molar-refractivity contribution < 1.29 is 4.79 Å². The molecule has 0 fully saturated rings. The van der Waals surface area contributed by atoms with Gasteiger partial charge < -0.3 is 10.2 Å². The lowest BCUT2D eigenvalue weighted by molar-refractivity contribution is 0.262. The number of urea groups is 1. The molecule has 0 aliphatic heterocycles. The third-order valence-electron chi connectivity index (χ3n) is 3.64. The van der Waals surface area contributed by atoms with Gasteiger partial charge in [-0.1, -0.05) is 47.7 Å². The third-order valence-corrected chi connectivity index (χ3v) is 4.50. The number of aromatic nitrogens is 2. The van der Waals surface area contributed by atoms with E-state index in [1.807, 2.05) is 73.3 Å². The summed E-state index contributed by atoms with van der Waals surface area (Å²) in [5.74, 6) is 0. The first kappa shape index (κ1) is 16.9. The molecule has 25 heavy (non-hydrogen) atoms. The summed E-state index contributed by atoms with van der Waals surface area (Å²) in [6.45, 7) is 4.75. The van der Waals surface area contributed by atoms with Gasteiger partial charge in [0.2, 0.25) is 10.3 Å². The van der Waals surface area contributed by atoms with Crippen molar-refractivity contribution in [2.24, 2.45) is 0 Å². The van der Waals surface area contributed by atoms with Crippen molar-refractivity contribution in [2.45, 2.75) is 13.8 Å². The van der Waals surface area contributed by atoms with Crippen LogP contribution >= 0.6 is 11.3 Å². The van der Waals surface area contributed by atoms with E-state index in [2.05, 4.69) is 20.8 Å². The van der Waals surface area contributed by atoms with Crippen molar-refractivity contribution in [3.8, 4) is 0 Å². The fourth-order valence-corrected chi connectivity index (χ4v) is 3.20. The largest absolute Gasteiger partial charge is 0.325 e. The smallest absolute Gasteiger partial charge is 0.317 e. The third kappa shape index (κ3) is 4.13. The summed E-state index contributed by atoms with van der Waals surface area (Å²) in [7, 11) is 0. The SMILES string of the molecule is CCN(c1ccccc1)c1nnc(NC(=O)Nc2ccccc2C)s1. The second-order valence-electron chi connectivity index (χ2n) is 5.36. The second-order valence-corrected chi connectivity index (χ2v) is 6.32. The Morgan fingerprint density at radius 2 is 1.76 bits per heavy atom. The standard InChI is InChI=1S/C18H19N5OS/c1-3-23(14-10-5-4-6-11-14)18-22-21-17(25-18)20-16(24)19-15-12-8-7-9-13(15)2/h4-12H,3H2,1-2H3,(H2,19,20,21,24). The Morgan fingerprint density at radius 1 is 1.04 bits per heavy atom. The quantitative estimate of drug-likeness (QED) is 0.700. The minimum absolute atomic E-state index is 0.334. The van der Waals surface area contributed by atoms with Crippen LogP contribution in [0.1, 0.15) is 12.5 Å². The van der Waals surface area contributed by atoms with Gasteiger partial charge in [-0.2, -0.15) is 0 Å². The van der Waals surface area contributed by atoms with Crippen LogP contribution in [0.4, 0.5) is 26.4 Å². The van der Waals surface area contributed by atoms with Crippen molar-refractivity contribution in [3.63, 3.8) is 0 Å². The number of carbonyl (C=O) groups excluding carboxylic acids is 1. The van der Waals surface area contributed by atoms with E-state index >= 15 is 0 Å². The number of hydrogen-bond acceptors (Lipinski definition) is 5. The highest BCUT2D eigenvalue weighted by Gasteiger charge is 2.14.